The van der Waals surface area contributed by atoms with Crippen molar-refractivity contribution in [2.24, 2.45) is 5.92 Å². The summed E-state index contributed by atoms with van der Waals surface area (Å²) >= 11 is 0. The molecule has 1 saturated carbocycles. The Kier molecular flexibility index (Phi) is 5.78. The zero-order valence-corrected chi connectivity index (χ0v) is 16.1. The van der Waals surface area contributed by atoms with Gasteiger partial charge in [0.1, 0.15) is 0 Å². The molecule has 2 aromatic rings. The highest BCUT2D eigenvalue weighted by molar-refractivity contribution is 5.96. The number of benzene rings is 1. The zero-order chi connectivity index (χ0) is 19.4. The van der Waals surface area contributed by atoms with E-state index in [1.807, 2.05) is 24.6 Å². The highest BCUT2D eigenvalue weighted by atomic mass is 16.2. The number of amides is 3. The fourth-order valence-corrected chi connectivity index (χ4v) is 2.91. The summed E-state index contributed by atoms with van der Waals surface area (Å²) in [5.74, 6) is 0.0963. The lowest BCUT2D eigenvalue weighted by Gasteiger charge is -2.14. The molecule has 0 bridgehead atoms. The van der Waals surface area contributed by atoms with E-state index in [1.165, 1.54) is 0 Å². The van der Waals surface area contributed by atoms with Gasteiger partial charge in [-0.25, -0.2) is 4.79 Å². The van der Waals surface area contributed by atoms with Gasteiger partial charge in [-0.2, -0.15) is 5.10 Å². The lowest BCUT2D eigenvalue weighted by Crippen LogP contribution is -2.31. The van der Waals surface area contributed by atoms with Gasteiger partial charge in [-0.05, 0) is 56.9 Å². The Morgan fingerprint density at radius 1 is 1.26 bits per heavy atom. The van der Waals surface area contributed by atoms with E-state index in [-0.39, 0.29) is 17.9 Å². The van der Waals surface area contributed by atoms with Gasteiger partial charge < -0.3 is 16.0 Å². The summed E-state index contributed by atoms with van der Waals surface area (Å²) in [4.78, 5) is 24.3. The number of aromatic nitrogens is 2. The van der Waals surface area contributed by atoms with E-state index in [9.17, 15) is 9.59 Å². The van der Waals surface area contributed by atoms with Crippen LogP contribution in [0.25, 0.3) is 0 Å². The topological polar surface area (TPSA) is 88.0 Å². The lowest BCUT2D eigenvalue weighted by molar-refractivity contribution is 0.0946. The van der Waals surface area contributed by atoms with Gasteiger partial charge in [-0.15, -0.1) is 0 Å². The maximum Gasteiger partial charge on any atom is 0.319 e. The third-order valence-corrected chi connectivity index (χ3v) is 4.49. The quantitative estimate of drug-likeness (QED) is 0.701. The summed E-state index contributed by atoms with van der Waals surface area (Å²) in [5, 5.41) is 13.1. The molecule has 7 nitrogen and oxygen atoms in total. The SMILES string of the molecule is Cc1cc(C)n(CC(C)CNC(=O)c2cccc(NC(=O)NC3CC3)c2)n1. The number of urea groups is 1. The Labute approximate surface area is 159 Å². The van der Waals surface area contributed by atoms with Gasteiger partial charge in [0.25, 0.3) is 5.91 Å². The maximum absolute atomic E-state index is 12.4. The van der Waals surface area contributed by atoms with Crippen LogP contribution in [-0.4, -0.2) is 34.3 Å². The number of nitrogens with zero attached hydrogens (tertiary/aromatic N) is 2. The van der Waals surface area contributed by atoms with Crippen LogP contribution in [0, 0.1) is 19.8 Å². The van der Waals surface area contributed by atoms with E-state index < -0.39 is 0 Å². The lowest BCUT2D eigenvalue weighted by atomic mass is 10.1. The number of aryl methyl sites for hydroxylation is 2. The van der Waals surface area contributed by atoms with Crippen LogP contribution >= 0.6 is 0 Å². The van der Waals surface area contributed by atoms with Gasteiger partial charge in [0, 0.05) is 36.1 Å². The predicted octanol–water partition coefficient (Wildman–Crippen LogP) is 2.85. The minimum absolute atomic E-state index is 0.151. The van der Waals surface area contributed by atoms with E-state index in [2.05, 4.69) is 28.0 Å². The summed E-state index contributed by atoms with van der Waals surface area (Å²) in [7, 11) is 0. The summed E-state index contributed by atoms with van der Waals surface area (Å²) in [6, 6.07) is 9.07. The highest BCUT2D eigenvalue weighted by Crippen LogP contribution is 2.19. The van der Waals surface area contributed by atoms with Crippen LogP contribution in [0.4, 0.5) is 10.5 Å². The number of nitrogens with one attached hydrogen (secondary N) is 3. The largest absolute Gasteiger partial charge is 0.352 e. The second kappa shape index (κ2) is 8.24. The van der Waals surface area contributed by atoms with Crippen LogP contribution in [0.2, 0.25) is 0 Å². The molecule has 3 N–H and O–H groups in total. The van der Waals surface area contributed by atoms with Crippen molar-refractivity contribution in [2.45, 2.75) is 46.2 Å². The van der Waals surface area contributed by atoms with Crippen LogP contribution in [0.5, 0.6) is 0 Å². The average Bonchev–Trinajstić information content (AvgIpc) is 3.37. The Bertz CT molecular complexity index is 826. The van der Waals surface area contributed by atoms with Gasteiger partial charge >= 0.3 is 6.03 Å². The first-order valence-corrected chi connectivity index (χ1v) is 9.37. The fourth-order valence-electron chi connectivity index (χ4n) is 2.91. The van der Waals surface area contributed by atoms with Crippen molar-refractivity contribution in [1.82, 2.24) is 20.4 Å². The smallest absolute Gasteiger partial charge is 0.319 e. The molecule has 1 aromatic carbocycles. The van der Waals surface area contributed by atoms with Gasteiger partial charge in [0.15, 0.2) is 0 Å². The Morgan fingerprint density at radius 3 is 2.70 bits per heavy atom. The minimum Gasteiger partial charge on any atom is -0.352 e. The van der Waals surface area contributed by atoms with Crippen LogP contribution in [0.3, 0.4) is 0 Å². The molecule has 1 unspecified atom stereocenters. The van der Waals surface area contributed by atoms with Crippen LogP contribution in [0.1, 0.15) is 41.5 Å². The molecule has 7 heteroatoms. The Morgan fingerprint density at radius 2 is 2.04 bits per heavy atom. The molecular weight excluding hydrogens is 342 g/mol. The first-order valence-electron chi connectivity index (χ1n) is 9.37. The van der Waals surface area contributed by atoms with Crippen molar-refractivity contribution < 1.29 is 9.59 Å². The van der Waals surface area contributed by atoms with Crippen molar-refractivity contribution in [2.75, 3.05) is 11.9 Å². The summed E-state index contributed by atoms with van der Waals surface area (Å²) in [6.07, 6.45) is 2.07. The summed E-state index contributed by atoms with van der Waals surface area (Å²) in [5.41, 5.74) is 3.25. The van der Waals surface area contributed by atoms with E-state index in [0.29, 0.717) is 23.8 Å². The zero-order valence-electron chi connectivity index (χ0n) is 16.1. The molecular formula is C20H27N5O2. The number of anilines is 1. The molecule has 1 aromatic heterocycles. The molecule has 0 radical (unpaired) electrons. The van der Waals surface area contributed by atoms with Gasteiger partial charge in [-0.1, -0.05) is 13.0 Å². The van der Waals surface area contributed by atoms with Crippen LogP contribution in [-0.2, 0) is 6.54 Å². The van der Waals surface area contributed by atoms with Crippen LogP contribution < -0.4 is 16.0 Å². The fraction of sp³-hybridized carbons (Fsp3) is 0.450. The third-order valence-electron chi connectivity index (χ3n) is 4.49. The van der Waals surface area contributed by atoms with Gasteiger partial charge in [0.05, 0.1) is 5.69 Å². The van der Waals surface area contributed by atoms with Crippen molar-refractivity contribution in [3.05, 3.63) is 47.3 Å². The molecule has 1 aliphatic carbocycles. The number of carbonyl (C=O) groups is 2. The molecule has 0 saturated heterocycles. The maximum atomic E-state index is 12.4. The summed E-state index contributed by atoms with van der Waals surface area (Å²) in [6.45, 7) is 7.39. The average molecular weight is 369 g/mol. The monoisotopic (exact) mass is 369 g/mol. The molecule has 0 spiro atoms. The molecule has 1 aliphatic rings. The van der Waals surface area contributed by atoms with Gasteiger partial charge in [0.2, 0.25) is 0 Å². The molecule has 3 rings (SSSR count). The number of carbonyl (C=O) groups excluding carboxylic acids is 2. The number of hydrogen-bond acceptors (Lipinski definition) is 3. The van der Waals surface area contributed by atoms with Crippen LogP contribution in [0.15, 0.2) is 30.3 Å². The summed E-state index contributed by atoms with van der Waals surface area (Å²) < 4.78 is 1.97. The van der Waals surface area contributed by atoms with Crippen molar-refractivity contribution in [1.29, 1.82) is 0 Å². The van der Waals surface area contributed by atoms with Crippen molar-refractivity contribution in [3.8, 4) is 0 Å². The third kappa shape index (κ3) is 5.57. The van der Waals surface area contributed by atoms with E-state index in [4.69, 9.17) is 0 Å². The standard InChI is InChI=1S/C20H27N5O2/c1-13(12-25-15(3)9-14(2)24-25)11-21-19(26)16-5-4-6-18(10-16)23-20(27)22-17-7-8-17/h4-6,9-10,13,17H,7-8,11-12H2,1-3H3,(H,21,26)(H2,22,23,27). The molecule has 1 fully saturated rings. The normalized spacial score (nSPS) is 14.5. The highest BCUT2D eigenvalue weighted by Gasteiger charge is 2.23. The Hall–Kier alpha value is -2.83. The van der Waals surface area contributed by atoms with Crippen molar-refractivity contribution >= 4 is 17.6 Å². The number of hydrogen-bond donors (Lipinski definition) is 3. The molecule has 27 heavy (non-hydrogen) atoms. The van der Waals surface area contributed by atoms with Crippen molar-refractivity contribution in [3.63, 3.8) is 0 Å². The van der Waals surface area contributed by atoms with E-state index >= 15 is 0 Å². The van der Waals surface area contributed by atoms with E-state index in [0.717, 1.165) is 30.8 Å². The first kappa shape index (κ1) is 18.9. The Balaban J connectivity index is 1.50. The first-order chi connectivity index (χ1) is 12.9. The van der Waals surface area contributed by atoms with Gasteiger partial charge in [-0.3, -0.25) is 9.48 Å². The number of rotatable bonds is 7. The van der Waals surface area contributed by atoms with E-state index in [1.54, 1.807) is 24.3 Å². The second-order valence-corrected chi connectivity index (χ2v) is 7.38. The minimum atomic E-state index is -0.228. The molecule has 0 aliphatic heterocycles. The second-order valence-electron chi connectivity index (χ2n) is 7.38. The molecule has 144 valence electrons. The molecule has 1 heterocycles. The predicted molar refractivity (Wildman–Crippen MR) is 105 cm³/mol. The molecule has 1 atom stereocenters. The molecule has 3 amide bonds.